The number of allylic oxidation sites excluding steroid dienone is 1. The van der Waals surface area contributed by atoms with E-state index in [1.165, 1.54) is 24.8 Å². The van der Waals surface area contributed by atoms with E-state index in [1.54, 1.807) is 0 Å². The summed E-state index contributed by atoms with van der Waals surface area (Å²) in [6, 6.07) is 0. The molecule has 0 saturated heterocycles. The van der Waals surface area contributed by atoms with Crippen molar-refractivity contribution in [3.05, 3.63) is 11.6 Å². The maximum Gasteiger partial charge on any atom is 0.0614 e. The summed E-state index contributed by atoms with van der Waals surface area (Å²) in [4.78, 5) is 0. The highest BCUT2D eigenvalue weighted by Crippen LogP contribution is 2.22. The Bertz CT molecular complexity index is 312. The molecule has 0 radical (unpaired) electrons. The molecule has 23 heavy (non-hydrogen) atoms. The van der Waals surface area contributed by atoms with Gasteiger partial charge in [0.2, 0.25) is 0 Å². The lowest BCUT2D eigenvalue weighted by atomic mass is 9.89. The van der Waals surface area contributed by atoms with Gasteiger partial charge in [0, 0.05) is 0 Å². The topological polar surface area (TPSA) is 60.7 Å². The molecule has 3 N–H and O–H groups in total. The molecule has 0 unspecified atom stereocenters. The van der Waals surface area contributed by atoms with Crippen LogP contribution in [0.15, 0.2) is 11.6 Å². The monoisotopic (exact) mass is 328 g/mol. The molecule has 0 heterocycles. The van der Waals surface area contributed by atoms with Crippen molar-refractivity contribution >= 4 is 0 Å². The van der Waals surface area contributed by atoms with Crippen molar-refractivity contribution in [2.75, 3.05) is 6.61 Å². The summed E-state index contributed by atoms with van der Waals surface area (Å²) in [5.74, 6) is 1.17. The van der Waals surface area contributed by atoms with E-state index in [0.29, 0.717) is 12.3 Å². The Hall–Kier alpha value is -0.380. The van der Waals surface area contributed by atoms with E-state index < -0.39 is 12.2 Å². The molecule has 0 aromatic rings. The van der Waals surface area contributed by atoms with Crippen LogP contribution in [-0.2, 0) is 0 Å². The van der Waals surface area contributed by atoms with E-state index in [4.69, 9.17) is 5.11 Å². The highest BCUT2D eigenvalue weighted by molar-refractivity contribution is 4.97. The van der Waals surface area contributed by atoms with Crippen molar-refractivity contribution in [2.45, 2.75) is 91.8 Å². The molecule has 4 atom stereocenters. The van der Waals surface area contributed by atoms with E-state index in [0.717, 1.165) is 19.3 Å². The first-order valence-corrected chi connectivity index (χ1v) is 9.40. The van der Waals surface area contributed by atoms with Crippen LogP contribution in [0.5, 0.6) is 0 Å². The number of aliphatic hydroxyl groups is 3. The van der Waals surface area contributed by atoms with E-state index in [2.05, 4.69) is 20.8 Å². The minimum atomic E-state index is -0.401. The maximum atomic E-state index is 10.2. The van der Waals surface area contributed by atoms with Crippen LogP contribution in [0.2, 0.25) is 0 Å². The summed E-state index contributed by atoms with van der Waals surface area (Å²) in [6.45, 7) is 10.6. The van der Waals surface area contributed by atoms with Gasteiger partial charge in [-0.15, -0.1) is 0 Å². The molecular formula is C20H40O3. The van der Waals surface area contributed by atoms with Crippen LogP contribution in [-0.4, -0.2) is 34.1 Å². The predicted molar refractivity (Wildman–Crippen MR) is 98.3 cm³/mol. The quantitative estimate of drug-likeness (QED) is 0.442. The molecular weight excluding hydrogens is 288 g/mol. The summed E-state index contributed by atoms with van der Waals surface area (Å²) in [7, 11) is 0. The predicted octanol–water partition coefficient (Wildman–Crippen LogP) is 4.31. The third-order valence-electron chi connectivity index (χ3n) is 4.97. The van der Waals surface area contributed by atoms with Gasteiger partial charge in [-0.3, -0.25) is 0 Å². The van der Waals surface area contributed by atoms with Crippen LogP contribution >= 0.6 is 0 Å². The minimum absolute atomic E-state index is 0.146. The van der Waals surface area contributed by atoms with Crippen molar-refractivity contribution in [3.63, 3.8) is 0 Å². The highest BCUT2D eigenvalue weighted by atomic mass is 16.3. The van der Waals surface area contributed by atoms with Gasteiger partial charge in [-0.1, -0.05) is 58.6 Å². The Kier molecular flexibility index (Phi) is 12.8. The molecule has 0 aliphatic rings. The molecule has 3 nitrogen and oxygen atoms in total. The van der Waals surface area contributed by atoms with Gasteiger partial charge in [-0.05, 0) is 50.4 Å². The summed E-state index contributed by atoms with van der Waals surface area (Å²) in [6.07, 6.45) is 8.43. The van der Waals surface area contributed by atoms with E-state index in [1.807, 2.05) is 19.9 Å². The van der Waals surface area contributed by atoms with Crippen molar-refractivity contribution in [1.29, 1.82) is 0 Å². The lowest BCUT2D eigenvalue weighted by molar-refractivity contribution is 0.0260. The normalized spacial score (nSPS) is 18.0. The van der Waals surface area contributed by atoms with Gasteiger partial charge in [0.15, 0.2) is 0 Å². The Balaban J connectivity index is 3.81. The fraction of sp³-hybridized carbons (Fsp3) is 0.900. The van der Waals surface area contributed by atoms with E-state index >= 15 is 0 Å². The van der Waals surface area contributed by atoms with Crippen LogP contribution < -0.4 is 0 Å². The first-order chi connectivity index (χ1) is 10.8. The number of rotatable bonds is 13. The third-order valence-corrected chi connectivity index (χ3v) is 4.97. The SMILES string of the molecule is C/C(=C\CO)CCC[C@H](C)CCC[C@H](C)[C@H](O)C[C@H](O)C(C)C. The molecule has 0 fully saturated rings. The molecule has 0 rings (SSSR count). The molecule has 0 saturated carbocycles. The fourth-order valence-corrected chi connectivity index (χ4v) is 2.86. The van der Waals surface area contributed by atoms with Gasteiger partial charge in [-0.2, -0.15) is 0 Å². The molecule has 0 bridgehead atoms. The molecule has 138 valence electrons. The van der Waals surface area contributed by atoms with Crippen LogP contribution in [0.1, 0.15) is 79.6 Å². The average Bonchev–Trinajstić information content (AvgIpc) is 2.47. The summed E-state index contributed by atoms with van der Waals surface area (Å²) >= 11 is 0. The minimum Gasteiger partial charge on any atom is -0.393 e. The van der Waals surface area contributed by atoms with Gasteiger partial charge in [0.25, 0.3) is 0 Å². The van der Waals surface area contributed by atoms with Crippen molar-refractivity contribution < 1.29 is 15.3 Å². The zero-order valence-electron chi connectivity index (χ0n) is 16.0. The molecule has 0 aliphatic carbocycles. The van der Waals surface area contributed by atoms with Crippen LogP contribution in [0.25, 0.3) is 0 Å². The molecule has 0 aliphatic heterocycles. The number of hydrogen-bond acceptors (Lipinski definition) is 3. The zero-order valence-corrected chi connectivity index (χ0v) is 16.0. The maximum absolute atomic E-state index is 10.2. The lowest BCUT2D eigenvalue weighted by Gasteiger charge is -2.23. The molecule has 0 amide bonds. The van der Waals surface area contributed by atoms with Crippen molar-refractivity contribution in [1.82, 2.24) is 0 Å². The van der Waals surface area contributed by atoms with Crippen molar-refractivity contribution in [2.24, 2.45) is 17.8 Å². The standard InChI is InChI=1S/C20H40O3/c1-15(2)19(22)14-20(23)18(5)11-7-10-16(3)8-6-9-17(4)12-13-21/h12,15-16,18-23H,6-11,13-14H2,1-5H3/b17-12+/t16-,18-,19-,20+/m0/s1. The van der Waals surface area contributed by atoms with Gasteiger partial charge >= 0.3 is 0 Å². The molecule has 3 heteroatoms. The van der Waals surface area contributed by atoms with Crippen molar-refractivity contribution in [3.8, 4) is 0 Å². The molecule has 0 aromatic carbocycles. The first-order valence-electron chi connectivity index (χ1n) is 9.40. The smallest absolute Gasteiger partial charge is 0.0614 e. The second kappa shape index (κ2) is 13.0. The Labute approximate surface area is 143 Å². The summed E-state index contributed by atoms with van der Waals surface area (Å²) in [5, 5.41) is 28.9. The van der Waals surface area contributed by atoms with E-state index in [9.17, 15) is 10.2 Å². The van der Waals surface area contributed by atoms with E-state index in [-0.39, 0.29) is 18.4 Å². The largest absolute Gasteiger partial charge is 0.393 e. The molecule has 0 aromatic heterocycles. The Morgan fingerprint density at radius 2 is 1.52 bits per heavy atom. The lowest BCUT2D eigenvalue weighted by Crippen LogP contribution is -2.27. The summed E-state index contributed by atoms with van der Waals surface area (Å²) < 4.78 is 0. The van der Waals surface area contributed by atoms with Gasteiger partial charge in [0.05, 0.1) is 18.8 Å². The second-order valence-corrected chi connectivity index (χ2v) is 7.75. The summed E-state index contributed by atoms with van der Waals surface area (Å²) in [5.41, 5.74) is 1.28. The first kappa shape index (κ1) is 22.6. The highest BCUT2D eigenvalue weighted by Gasteiger charge is 2.20. The van der Waals surface area contributed by atoms with Crippen LogP contribution in [0.3, 0.4) is 0 Å². The van der Waals surface area contributed by atoms with Crippen LogP contribution in [0, 0.1) is 17.8 Å². The third kappa shape index (κ3) is 11.7. The second-order valence-electron chi connectivity index (χ2n) is 7.75. The fourth-order valence-electron chi connectivity index (χ4n) is 2.86. The molecule has 0 spiro atoms. The van der Waals surface area contributed by atoms with Gasteiger partial charge in [0.1, 0.15) is 0 Å². The average molecular weight is 329 g/mol. The number of aliphatic hydroxyl groups excluding tert-OH is 3. The Morgan fingerprint density at radius 3 is 2.09 bits per heavy atom. The van der Waals surface area contributed by atoms with Gasteiger partial charge in [-0.25, -0.2) is 0 Å². The van der Waals surface area contributed by atoms with Crippen LogP contribution in [0.4, 0.5) is 0 Å². The number of hydrogen-bond donors (Lipinski definition) is 3. The van der Waals surface area contributed by atoms with Gasteiger partial charge < -0.3 is 15.3 Å². The Morgan fingerprint density at radius 1 is 0.913 bits per heavy atom. The zero-order chi connectivity index (χ0) is 17.8.